The average molecular weight is 377 g/mol. The topological polar surface area (TPSA) is 48.5 Å². The summed E-state index contributed by atoms with van der Waals surface area (Å²) in [6.45, 7) is 9.24. The number of rotatable bonds is 4. The number of aromatic nitrogens is 1. The summed E-state index contributed by atoms with van der Waals surface area (Å²) in [5.74, 6) is 0.0939. The molecule has 0 bridgehead atoms. The van der Waals surface area contributed by atoms with Gasteiger partial charge in [-0.3, -0.25) is 14.7 Å². The fourth-order valence-electron chi connectivity index (χ4n) is 3.85. The fourth-order valence-corrected chi connectivity index (χ4v) is 3.85. The molecule has 1 N–H and O–H groups in total. The number of hydrogen-bond donors (Lipinski definition) is 1. The number of carbonyl (C=O) groups excluding carboxylic acids is 1. The predicted octanol–water partition coefficient (Wildman–Crippen LogP) is 3.21. The van der Waals surface area contributed by atoms with Gasteiger partial charge in [0.15, 0.2) is 0 Å². The number of benzene rings is 1. The quantitative estimate of drug-likeness (QED) is 0.890. The Morgan fingerprint density at radius 2 is 1.82 bits per heavy atom. The molecule has 2 aliphatic heterocycles. The maximum Gasteiger partial charge on any atom is 0.227 e. The molecule has 5 heteroatoms. The second kappa shape index (κ2) is 8.15. The zero-order chi connectivity index (χ0) is 19.5. The van der Waals surface area contributed by atoms with E-state index in [9.17, 15) is 4.79 Å². The van der Waals surface area contributed by atoms with Gasteiger partial charge in [0.2, 0.25) is 5.91 Å². The van der Waals surface area contributed by atoms with Crippen LogP contribution in [0.4, 0.5) is 5.69 Å². The Labute approximate surface area is 167 Å². The lowest BCUT2D eigenvalue weighted by molar-refractivity contribution is -0.123. The molecule has 0 saturated carbocycles. The first-order valence-electron chi connectivity index (χ1n) is 10.1. The van der Waals surface area contributed by atoms with Crippen molar-refractivity contribution < 1.29 is 4.79 Å². The fraction of sp³-hybridized carbons (Fsp3) is 0.391. The monoisotopic (exact) mass is 376 g/mol. The summed E-state index contributed by atoms with van der Waals surface area (Å²) < 4.78 is 0. The number of nitrogens with one attached hydrogen (secondary N) is 1. The summed E-state index contributed by atoms with van der Waals surface area (Å²) in [5, 5.41) is 2.83. The van der Waals surface area contributed by atoms with E-state index in [1.807, 2.05) is 13.1 Å². The lowest BCUT2D eigenvalue weighted by atomic mass is 9.95. The van der Waals surface area contributed by atoms with E-state index in [-0.39, 0.29) is 11.8 Å². The Kier molecular flexibility index (Phi) is 5.44. The summed E-state index contributed by atoms with van der Waals surface area (Å²) in [7, 11) is 0. The maximum absolute atomic E-state index is 11.6. The van der Waals surface area contributed by atoms with Gasteiger partial charge in [-0.15, -0.1) is 0 Å². The van der Waals surface area contributed by atoms with Crippen molar-refractivity contribution in [2.75, 3.05) is 31.1 Å². The summed E-state index contributed by atoms with van der Waals surface area (Å²) in [6, 6.07) is 13.0. The Morgan fingerprint density at radius 3 is 2.46 bits per heavy atom. The molecule has 1 fully saturated rings. The van der Waals surface area contributed by atoms with Gasteiger partial charge >= 0.3 is 0 Å². The second-order valence-corrected chi connectivity index (χ2v) is 7.93. The van der Waals surface area contributed by atoms with Gasteiger partial charge in [-0.05, 0) is 42.7 Å². The zero-order valence-electron chi connectivity index (χ0n) is 16.7. The van der Waals surface area contributed by atoms with Crippen molar-refractivity contribution in [3.05, 3.63) is 65.6 Å². The van der Waals surface area contributed by atoms with Crippen LogP contribution in [0, 0.1) is 12.8 Å². The summed E-state index contributed by atoms with van der Waals surface area (Å²) >= 11 is 0. The first-order valence-corrected chi connectivity index (χ1v) is 10.1. The molecule has 0 spiro atoms. The molecule has 1 aromatic carbocycles. The predicted molar refractivity (Wildman–Crippen MR) is 113 cm³/mol. The standard InChI is InChI=1S/C23H28N4O/c1-17-3-6-21(7-4-17)27-11-9-26(10-12-27)16-19-5-8-22(24-14-19)20-13-18(2)23(28)25-15-20/h3-8,14-15,18H,9-13,16H2,1-2H3,(H,25,28). The molecule has 0 aliphatic carbocycles. The van der Waals surface area contributed by atoms with E-state index in [2.05, 4.69) is 63.4 Å². The molecule has 2 aromatic rings. The minimum Gasteiger partial charge on any atom is -0.369 e. The van der Waals surface area contributed by atoms with Crippen molar-refractivity contribution in [1.82, 2.24) is 15.2 Å². The van der Waals surface area contributed by atoms with Crippen LogP contribution in [0.1, 0.15) is 30.2 Å². The third kappa shape index (κ3) is 4.25. The van der Waals surface area contributed by atoms with E-state index in [1.54, 1.807) is 6.20 Å². The van der Waals surface area contributed by atoms with Crippen LogP contribution in [0.2, 0.25) is 0 Å². The van der Waals surface area contributed by atoms with E-state index in [0.29, 0.717) is 0 Å². The van der Waals surface area contributed by atoms with Gasteiger partial charge in [-0.2, -0.15) is 0 Å². The molecule has 1 atom stereocenters. The van der Waals surface area contributed by atoms with Crippen molar-refractivity contribution in [2.45, 2.75) is 26.8 Å². The minimum absolute atomic E-state index is 0.00583. The summed E-state index contributed by atoms with van der Waals surface area (Å²) in [4.78, 5) is 21.2. The Hall–Kier alpha value is -2.66. The molecule has 1 aromatic heterocycles. The lowest BCUT2D eigenvalue weighted by Gasteiger charge is -2.36. The largest absolute Gasteiger partial charge is 0.369 e. The van der Waals surface area contributed by atoms with Crippen molar-refractivity contribution in [3.8, 4) is 0 Å². The highest BCUT2D eigenvalue weighted by molar-refractivity contribution is 5.85. The first kappa shape index (κ1) is 18.7. The SMILES string of the molecule is Cc1ccc(N2CCN(Cc3ccc(C4=CNC(=O)C(C)C4)nc3)CC2)cc1. The summed E-state index contributed by atoms with van der Waals surface area (Å²) in [6.07, 6.45) is 4.53. The molecule has 1 unspecified atom stereocenters. The molecule has 0 radical (unpaired) electrons. The highest BCUT2D eigenvalue weighted by Crippen LogP contribution is 2.24. The molecular weight excluding hydrogens is 348 g/mol. The molecule has 2 aliphatic rings. The molecule has 3 heterocycles. The highest BCUT2D eigenvalue weighted by Gasteiger charge is 2.21. The third-order valence-electron chi connectivity index (χ3n) is 5.69. The molecule has 1 saturated heterocycles. The van der Waals surface area contributed by atoms with E-state index in [0.717, 1.165) is 50.4 Å². The van der Waals surface area contributed by atoms with E-state index in [1.165, 1.54) is 16.8 Å². The average Bonchev–Trinajstić information content (AvgIpc) is 2.72. The number of allylic oxidation sites excluding steroid dienone is 1. The summed E-state index contributed by atoms with van der Waals surface area (Å²) in [5.41, 5.74) is 5.92. The van der Waals surface area contributed by atoms with Crippen LogP contribution in [-0.2, 0) is 11.3 Å². The van der Waals surface area contributed by atoms with Crippen LogP contribution in [-0.4, -0.2) is 42.0 Å². The second-order valence-electron chi connectivity index (χ2n) is 7.93. The highest BCUT2D eigenvalue weighted by atomic mass is 16.1. The van der Waals surface area contributed by atoms with Crippen molar-refractivity contribution in [1.29, 1.82) is 0 Å². The van der Waals surface area contributed by atoms with E-state index in [4.69, 9.17) is 0 Å². The first-order chi connectivity index (χ1) is 13.6. The van der Waals surface area contributed by atoms with Crippen molar-refractivity contribution in [3.63, 3.8) is 0 Å². The molecule has 5 nitrogen and oxygen atoms in total. The zero-order valence-corrected chi connectivity index (χ0v) is 16.7. The number of carbonyl (C=O) groups is 1. The van der Waals surface area contributed by atoms with Crippen molar-refractivity contribution >= 4 is 17.2 Å². The number of anilines is 1. The Balaban J connectivity index is 1.32. The van der Waals surface area contributed by atoms with Gasteiger partial charge in [-0.25, -0.2) is 0 Å². The molecule has 4 rings (SSSR count). The Bertz CT molecular complexity index is 849. The van der Waals surface area contributed by atoms with Crippen LogP contribution < -0.4 is 10.2 Å². The molecule has 28 heavy (non-hydrogen) atoms. The lowest BCUT2D eigenvalue weighted by Crippen LogP contribution is -2.45. The third-order valence-corrected chi connectivity index (χ3v) is 5.69. The van der Waals surface area contributed by atoms with Gasteiger partial charge in [0.25, 0.3) is 0 Å². The number of hydrogen-bond acceptors (Lipinski definition) is 4. The van der Waals surface area contributed by atoms with Crippen LogP contribution in [0.3, 0.4) is 0 Å². The van der Waals surface area contributed by atoms with Crippen LogP contribution in [0.15, 0.2) is 48.8 Å². The number of aryl methyl sites for hydroxylation is 1. The number of pyridine rings is 1. The van der Waals surface area contributed by atoms with Crippen LogP contribution in [0.25, 0.3) is 5.57 Å². The minimum atomic E-state index is 0.00583. The van der Waals surface area contributed by atoms with E-state index < -0.39 is 0 Å². The number of nitrogens with zero attached hydrogens (tertiary/aromatic N) is 3. The number of piperazine rings is 1. The molecule has 1 amide bonds. The van der Waals surface area contributed by atoms with Crippen LogP contribution in [0.5, 0.6) is 0 Å². The van der Waals surface area contributed by atoms with Crippen molar-refractivity contribution in [2.24, 2.45) is 5.92 Å². The van der Waals surface area contributed by atoms with Gasteiger partial charge in [-0.1, -0.05) is 30.7 Å². The van der Waals surface area contributed by atoms with Gasteiger partial charge in [0, 0.05) is 56.7 Å². The maximum atomic E-state index is 11.6. The van der Waals surface area contributed by atoms with E-state index >= 15 is 0 Å². The number of amides is 1. The normalized spacial score (nSPS) is 20.6. The van der Waals surface area contributed by atoms with Gasteiger partial charge < -0.3 is 10.2 Å². The Morgan fingerprint density at radius 1 is 1.07 bits per heavy atom. The van der Waals surface area contributed by atoms with Gasteiger partial charge in [0.1, 0.15) is 0 Å². The smallest absolute Gasteiger partial charge is 0.227 e. The van der Waals surface area contributed by atoms with Gasteiger partial charge in [0.05, 0.1) is 5.69 Å². The van der Waals surface area contributed by atoms with Crippen LogP contribution >= 0.6 is 0 Å². The molecular formula is C23H28N4O. The molecule has 146 valence electrons.